The minimum Gasteiger partial charge on any atom is -0.446 e. The molecule has 1 rings (SSSR count). The van der Waals surface area contributed by atoms with Crippen LogP contribution >= 0.6 is 0 Å². The third-order valence-electron chi connectivity index (χ3n) is 2.51. The first-order valence-corrected chi connectivity index (χ1v) is 4.86. The van der Waals surface area contributed by atoms with Crippen LogP contribution in [0.25, 0.3) is 0 Å². The zero-order valence-corrected chi connectivity index (χ0v) is 8.14. The highest BCUT2D eigenvalue weighted by molar-refractivity contribution is 5.67. The molecule has 0 aromatic heterocycles. The summed E-state index contributed by atoms with van der Waals surface area (Å²) in [6, 6.07) is 0. The van der Waals surface area contributed by atoms with Gasteiger partial charge in [-0.05, 0) is 25.7 Å². The molecule has 1 saturated carbocycles. The number of hydrogen-bond acceptors (Lipinski definition) is 2. The quantitative estimate of drug-likeness (QED) is 0.351. The summed E-state index contributed by atoms with van der Waals surface area (Å²) < 4.78 is 5.23. The van der Waals surface area contributed by atoms with Gasteiger partial charge in [0.2, 0.25) is 0 Å². The van der Waals surface area contributed by atoms with E-state index in [2.05, 4.69) is 5.92 Å². The standard InChI is InChI=1S/C11H16O2/c1-3-11(13-10(2)12)8-6-4-5-7-9-11/h1H,4-9H2,2H3. The highest BCUT2D eigenvalue weighted by Gasteiger charge is 2.31. The smallest absolute Gasteiger partial charge is 0.304 e. The van der Waals surface area contributed by atoms with Crippen LogP contribution in [-0.2, 0) is 9.53 Å². The van der Waals surface area contributed by atoms with Crippen LogP contribution in [0.4, 0.5) is 0 Å². The number of ether oxygens (including phenoxy) is 1. The Bertz CT molecular complexity index is 217. The molecule has 72 valence electrons. The van der Waals surface area contributed by atoms with Crippen LogP contribution in [0.3, 0.4) is 0 Å². The van der Waals surface area contributed by atoms with Crippen LogP contribution in [0.1, 0.15) is 45.4 Å². The molecule has 1 fully saturated rings. The molecule has 13 heavy (non-hydrogen) atoms. The van der Waals surface area contributed by atoms with Crippen molar-refractivity contribution in [3.05, 3.63) is 0 Å². The summed E-state index contributed by atoms with van der Waals surface area (Å²) >= 11 is 0. The largest absolute Gasteiger partial charge is 0.446 e. The molecule has 1 aliphatic carbocycles. The van der Waals surface area contributed by atoms with E-state index in [0.29, 0.717) is 0 Å². The molecule has 0 aliphatic heterocycles. The first kappa shape index (κ1) is 10.1. The summed E-state index contributed by atoms with van der Waals surface area (Å²) in [7, 11) is 0. The maximum absolute atomic E-state index is 10.9. The second-order valence-corrected chi connectivity index (χ2v) is 3.65. The number of carbonyl (C=O) groups excluding carboxylic acids is 1. The molecule has 0 heterocycles. The van der Waals surface area contributed by atoms with E-state index in [9.17, 15) is 4.79 Å². The lowest BCUT2D eigenvalue weighted by Crippen LogP contribution is -2.32. The van der Waals surface area contributed by atoms with Gasteiger partial charge in [-0.15, -0.1) is 6.42 Å². The van der Waals surface area contributed by atoms with E-state index in [1.807, 2.05) is 0 Å². The summed E-state index contributed by atoms with van der Waals surface area (Å²) in [4.78, 5) is 10.9. The number of esters is 1. The lowest BCUT2D eigenvalue weighted by molar-refractivity contribution is -0.152. The molecule has 0 aromatic carbocycles. The van der Waals surface area contributed by atoms with E-state index < -0.39 is 5.60 Å². The highest BCUT2D eigenvalue weighted by atomic mass is 16.6. The fourth-order valence-corrected chi connectivity index (χ4v) is 1.85. The monoisotopic (exact) mass is 180 g/mol. The summed E-state index contributed by atoms with van der Waals surface area (Å²) in [5.41, 5.74) is -0.595. The second-order valence-electron chi connectivity index (χ2n) is 3.65. The van der Waals surface area contributed by atoms with E-state index in [1.165, 1.54) is 19.8 Å². The minimum atomic E-state index is -0.595. The van der Waals surface area contributed by atoms with Gasteiger partial charge in [0.25, 0.3) is 0 Å². The van der Waals surface area contributed by atoms with E-state index in [1.54, 1.807) is 0 Å². The van der Waals surface area contributed by atoms with Crippen molar-refractivity contribution in [2.45, 2.75) is 51.0 Å². The van der Waals surface area contributed by atoms with Crippen molar-refractivity contribution >= 4 is 5.97 Å². The Hall–Kier alpha value is -0.970. The molecule has 0 amide bonds. The van der Waals surface area contributed by atoms with Crippen LogP contribution in [-0.4, -0.2) is 11.6 Å². The minimum absolute atomic E-state index is 0.264. The number of terminal acetylenes is 1. The molecule has 0 saturated heterocycles. The SMILES string of the molecule is C#CC1(OC(C)=O)CCCCCC1. The van der Waals surface area contributed by atoms with Gasteiger partial charge in [0.05, 0.1) is 0 Å². The molecule has 0 unspecified atom stereocenters. The average Bonchev–Trinajstić information content (AvgIpc) is 2.30. The Morgan fingerprint density at radius 1 is 1.31 bits per heavy atom. The van der Waals surface area contributed by atoms with Gasteiger partial charge in [-0.1, -0.05) is 18.8 Å². The van der Waals surface area contributed by atoms with Gasteiger partial charge in [0.1, 0.15) is 0 Å². The summed E-state index contributed by atoms with van der Waals surface area (Å²) in [5.74, 6) is 2.38. The van der Waals surface area contributed by atoms with Gasteiger partial charge in [-0.25, -0.2) is 0 Å². The molecule has 0 N–H and O–H groups in total. The first-order chi connectivity index (χ1) is 6.18. The summed E-state index contributed by atoms with van der Waals surface area (Å²) in [6.45, 7) is 1.42. The first-order valence-electron chi connectivity index (χ1n) is 4.86. The van der Waals surface area contributed by atoms with Crippen molar-refractivity contribution < 1.29 is 9.53 Å². The molecular weight excluding hydrogens is 164 g/mol. The zero-order valence-electron chi connectivity index (χ0n) is 8.14. The van der Waals surface area contributed by atoms with Crippen LogP contribution in [0.2, 0.25) is 0 Å². The molecule has 0 radical (unpaired) electrons. The molecule has 2 heteroatoms. The average molecular weight is 180 g/mol. The Labute approximate surface area is 79.7 Å². The number of carbonyl (C=O) groups is 1. The maximum Gasteiger partial charge on any atom is 0.304 e. The predicted molar refractivity (Wildman–Crippen MR) is 51.0 cm³/mol. The van der Waals surface area contributed by atoms with E-state index in [4.69, 9.17) is 11.2 Å². The van der Waals surface area contributed by atoms with E-state index >= 15 is 0 Å². The highest BCUT2D eigenvalue weighted by Crippen LogP contribution is 2.29. The van der Waals surface area contributed by atoms with Crippen molar-refractivity contribution in [3.8, 4) is 12.3 Å². The molecule has 2 nitrogen and oxygen atoms in total. The predicted octanol–water partition coefficient (Wildman–Crippen LogP) is 2.28. The van der Waals surface area contributed by atoms with Crippen molar-refractivity contribution in [2.75, 3.05) is 0 Å². The van der Waals surface area contributed by atoms with Gasteiger partial charge in [0, 0.05) is 6.92 Å². The Balaban J connectivity index is 2.66. The topological polar surface area (TPSA) is 26.3 Å². The van der Waals surface area contributed by atoms with Gasteiger partial charge >= 0.3 is 5.97 Å². The van der Waals surface area contributed by atoms with Gasteiger partial charge in [-0.3, -0.25) is 4.79 Å². The normalized spacial score (nSPS) is 21.2. The zero-order chi connectivity index (χ0) is 9.73. The van der Waals surface area contributed by atoms with Crippen LogP contribution in [0, 0.1) is 12.3 Å². The fourth-order valence-electron chi connectivity index (χ4n) is 1.85. The van der Waals surface area contributed by atoms with Crippen molar-refractivity contribution in [1.29, 1.82) is 0 Å². The van der Waals surface area contributed by atoms with Crippen LogP contribution in [0.15, 0.2) is 0 Å². The van der Waals surface area contributed by atoms with E-state index in [0.717, 1.165) is 25.7 Å². The number of hydrogen-bond donors (Lipinski definition) is 0. The van der Waals surface area contributed by atoms with Crippen molar-refractivity contribution in [3.63, 3.8) is 0 Å². The summed E-state index contributed by atoms with van der Waals surface area (Å²) in [6.07, 6.45) is 11.6. The Kier molecular flexibility index (Phi) is 3.36. The van der Waals surface area contributed by atoms with Gasteiger partial charge in [-0.2, -0.15) is 0 Å². The second kappa shape index (κ2) is 4.32. The molecule has 0 atom stereocenters. The molecule has 1 aliphatic rings. The lowest BCUT2D eigenvalue weighted by atomic mass is 9.95. The maximum atomic E-state index is 10.9. The molecule has 0 aromatic rings. The van der Waals surface area contributed by atoms with Crippen LogP contribution in [0.5, 0.6) is 0 Å². The van der Waals surface area contributed by atoms with Gasteiger partial charge in [0.15, 0.2) is 5.60 Å². The Morgan fingerprint density at radius 2 is 1.85 bits per heavy atom. The van der Waals surface area contributed by atoms with Crippen molar-refractivity contribution in [1.82, 2.24) is 0 Å². The van der Waals surface area contributed by atoms with Crippen LogP contribution < -0.4 is 0 Å². The third-order valence-corrected chi connectivity index (χ3v) is 2.51. The fraction of sp³-hybridized carbons (Fsp3) is 0.727. The molecular formula is C11H16O2. The summed E-state index contributed by atoms with van der Waals surface area (Å²) in [5, 5.41) is 0. The Morgan fingerprint density at radius 3 is 2.23 bits per heavy atom. The molecule has 0 bridgehead atoms. The third kappa shape index (κ3) is 2.77. The van der Waals surface area contributed by atoms with Gasteiger partial charge < -0.3 is 4.74 Å². The van der Waals surface area contributed by atoms with E-state index in [-0.39, 0.29) is 5.97 Å². The lowest BCUT2D eigenvalue weighted by Gasteiger charge is -2.26. The molecule has 0 spiro atoms. The van der Waals surface area contributed by atoms with Crippen molar-refractivity contribution in [2.24, 2.45) is 0 Å². The number of rotatable bonds is 1.